The summed E-state index contributed by atoms with van der Waals surface area (Å²) in [5.74, 6) is -0.0314. The maximum Gasteiger partial charge on any atom is 0.261 e. The Morgan fingerprint density at radius 1 is 1.00 bits per heavy atom. The number of hydrogen-bond donors (Lipinski definition) is 2. The first-order valence-corrected chi connectivity index (χ1v) is 19.6. The lowest BCUT2D eigenvalue weighted by Gasteiger charge is -2.35. The van der Waals surface area contributed by atoms with Gasteiger partial charge in [-0.1, -0.05) is 24.6 Å². The molecule has 1 aliphatic heterocycles. The summed E-state index contributed by atoms with van der Waals surface area (Å²) in [6.07, 6.45) is 1.24. The van der Waals surface area contributed by atoms with E-state index in [1.54, 1.807) is 43.3 Å². The van der Waals surface area contributed by atoms with E-state index in [4.69, 9.17) is 14.2 Å². The van der Waals surface area contributed by atoms with E-state index < -0.39 is 38.1 Å². The molecule has 3 aromatic rings. The molecular formula is C36H49N3O9S2. The van der Waals surface area contributed by atoms with Crippen molar-refractivity contribution < 1.29 is 40.9 Å². The number of benzene rings is 3. The Hall–Kier alpha value is -3.69. The van der Waals surface area contributed by atoms with Gasteiger partial charge in [-0.25, -0.2) is 16.8 Å². The van der Waals surface area contributed by atoms with Crippen molar-refractivity contribution in [3.63, 3.8) is 0 Å². The van der Waals surface area contributed by atoms with Crippen molar-refractivity contribution in [2.24, 2.45) is 5.92 Å². The molecule has 14 heteroatoms. The normalized spacial score (nSPS) is 20.4. The lowest BCUT2D eigenvalue weighted by atomic mass is 10.0. The first-order valence-electron chi connectivity index (χ1n) is 16.7. The minimum absolute atomic E-state index is 0.0199. The van der Waals surface area contributed by atoms with Crippen LogP contribution >= 0.6 is 0 Å². The summed E-state index contributed by atoms with van der Waals surface area (Å²) in [6, 6.07) is 16.5. The average molecular weight is 732 g/mol. The molecule has 0 fully saturated rings. The van der Waals surface area contributed by atoms with E-state index in [2.05, 4.69) is 4.72 Å². The highest BCUT2D eigenvalue weighted by atomic mass is 32.2. The molecule has 4 rings (SSSR count). The van der Waals surface area contributed by atoms with E-state index in [0.717, 1.165) is 12.0 Å². The van der Waals surface area contributed by atoms with Gasteiger partial charge in [0.05, 0.1) is 47.3 Å². The zero-order chi connectivity index (χ0) is 36.6. The first-order chi connectivity index (χ1) is 23.7. The Morgan fingerprint density at radius 3 is 2.30 bits per heavy atom. The SMILES string of the molecule is COc1ccc(S(=O)(=O)N(C)C[C@@H]2OCCCC[C@H](C)Oc3ccc(NS(=O)(=O)c4ccc(C)cc4)cc3C(=O)N([C@H](C)CO)C[C@H]2C)cc1. The first kappa shape index (κ1) is 39.1. The molecular weight excluding hydrogens is 683 g/mol. The maximum absolute atomic E-state index is 14.4. The molecule has 0 radical (unpaired) electrons. The molecule has 0 aliphatic carbocycles. The van der Waals surface area contributed by atoms with Crippen LogP contribution in [0, 0.1) is 12.8 Å². The fraction of sp³-hybridized carbons (Fsp3) is 0.472. The maximum atomic E-state index is 14.4. The number of fused-ring (bicyclic) bond motifs is 1. The summed E-state index contributed by atoms with van der Waals surface area (Å²) in [5.41, 5.74) is 1.21. The van der Waals surface area contributed by atoms with Crippen molar-refractivity contribution in [2.45, 2.75) is 75.0 Å². The molecule has 1 aliphatic rings. The minimum Gasteiger partial charge on any atom is -0.497 e. The molecule has 0 saturated heterocycles. The van der Waals surface area contributed by atoms with Gasteiger partial charge in [-0.2, -0.15) is 4.31 Å². The molecule has 0 unspecified atom stereocenters. The topological polar surface area (TPSA) is 152 Å². The van der Waals surface area contributed by atoms with Crippen LogP contribution in [0.4, 0.5) is 5.69 Å². The number of rotatable bonds is 10. The predicted molar refractivity (Wildman–Crippen MR) is 192 cm³/mol. The van der Waals surface area contributed by atoms with Gasteiger partial charge in [0.25, 0.3) is 15.9 Å². The summed E-state index contributed by atoms with van der Waals surface area (Å²) in [5, 5.41) is 10.2. The average Bonchev–Trinajstić information content (AvgIpc) is 3.09. The van der Waals surface area contributed by atoms with Crippen LogP contribution in [0.1, 0.15) is 56.0 Å². The van der Waals surface area contributed by atoms with Gasteiger partial charge in [-0.15, -0.1) is 0 Å². The number of nitrogens with one attached hydrogen (secondary N) is 1. The van der Waals surface area contributed by atoms with Crippen molar-refractivity contribution in [3.8, 4) is 11.5 Å². The van der Waals surface area contributed by atoms with Crippen LogP contribution in [0.2, 0.25) is 0 Å². The summed E-state index contributed by atoms with van der Waals surface area (Å²) in [7, 11) is -4.84. The van der Waals surface area contributed by atoms with Gasteiger partial charge in [0.2, 0.25) is 10.0 Å². The number of ether oxygens (including phenoxy) is 3. The highest BCUT2D eigenvalue weighted by Crippen LogP contribution is 2.30. The van der Waals surface area contributed by atoms with E-state index in [0.29, 0.717) is 30.9 Å². The lowest BCUT2D eigenvalue weighted by Crippen LogP contribution is -2.48. The Bertz CT molecular complexity index is 1800. The number of carbonyl (C=O) groups is 1. The quantitative estimate of drug-likeness (QED) is 0.296. The van der Waals surface area contributed by atoms with Crippen molar-refractivity contribution in [3.05, 3.63) is 77.9 Å². The van der Waals surface area contributed by atoms with Crippen LogP contribution < -0.4 is 14.2 Å². The summed E-state index contributed by atoms with van der Waals surface area (Å²) in [6.45, 7) is 7.50. The number of aliphatic hydroxyl groups excluding tert-OH is 1. The van der Waals surface area contributed by atoms with Crippen molar-refractivity contribution in [1.29, 1.82) is 0 Å². The van der Waals surface area contributed by atoms with Gasteiger partial charge < -0.3 is 24.2 Å². The smallest absolute Gasteiger partial charge is 0.261 e. The van der Waals surface area contributed by atoms with Gasteiger partial charge in [0.1, 0.15) is 11.5 Å². The number of methoxy groups -OCH3 is 1. The van der Waals surface area contributed by atoms with Gasteiger partial charge in [-0.05, 0) is 94.6 Å². The number of nitrogens with zero attached hydrogens (tertiary/aromatic N) is 2. The number of likely N-dealkylation sites (N-methyl/N-ethyl adjacent to an activating group) is 1. The summed E-state index contributed by atoms with van der Waals surface area (Å²) < 4.78 is 75.1. The number of aryl methyl sites for hydroxylation is 1. The molecule has 1 heterocycles. The van der Waals surface area contributed by atoms with E-state index in [1.807, 2.05) is 20.8 Å². The molecule has 1 amide bonds. The Balaban J connectivity index is 1.66. The Morgan fingerprint density at radius 2 is 1.66 bits per heavy atom. The van der Waals surface area contributed by atoms with Crippen molar-refractivity contribution in [1.82, 2.24) is 9.21 Å². The Labute approximate surface area is 296 Å². The lowest BCUT2D eigenvalue weighted by molar-refractivity contribution is -0.00833. The van der Waals surface area contributed by atoms with Crippen LogP contribution in [0.5, 0.6) is 11.5 Å². The number of amides is 1. The zero-order valence-electron chi connectivity index (χ0n) is 29.5. The molecule has 4 atom stereocenters. The van der Waals surface area contributed by atoms with Crippen LogP contribution in [0.25, 0.3) is 0 Å². The third-order valence-corrected chi connectivity index (χ3v) is 12.1. The van der Waals surface area contributed by atoms with E-state index in [9.17, 15) is 26.7 Å². The van der Waals surface area contributed by atoms with Crippen molar-refractivity contribution in [2.75, 3.05) is 45.2 Å². The molecule has 50 heavy (non-hydrogen) atoms. The summed E-state index contributed by atoms with van der Waals surface area (Å²) >= 11 is 0. The zero-order valence-corrected chi connectivity index (χ0v) is 31.2. The van der Waals surface area contributed by atoms with E-state index >= 15 is 0 Å². The van der Waals surface area contributed by atoms with Gasteiger partial charge in [0.15, 0.2) is 0 Å². The Kier molecular flexibility index (Phi) is 13.3. The number of sulfonamides is 2. The van der Waals surface area contributed by atoms with Crippen LogP contribution in [-0.4, -0.2) is 95.8 Å². The van der Waals surface area contributed by atoms with Crippen LogP contribution in [0.15, 0.2) is 76.5 Å². The van der Waals surface area contributed by atoms with Gasteiger partial charge in [0, 0.05) is 38.3 Å². The monoisotopic (exact) mass is 731 g/mol. The molecule has 274 valence electrons. The van der Waals surface area contributed by atoms with Crippen LogP contribution in [0.3, 0.4) is 0 Å². The molecule has 12 nitrogen and oxygen atoms in total. The molecule has 2 N–H and O–H groups in total. The van der Waals surface area contributed by atoms with Gasteiger partial charge in [-0.3, -0.25) is 9.52 Å². The number of anilines is 1. The van der Waals surface area contributed by atoms with Crippen molar-refractivity contribution >= 4 is 31.6 Å². The predicted octanol–water partition coefficient (Wildman–Crippen LogP) is 4.92. The van der Waals surface area contributed by atoms with Crippen LogP contribution in [-0.2, 0) is 24.8 Å². The molecule has 3 aromatic carbocycles. The van der Waals surface area contributed by atoms with E-state index in [-0.39, 0.29) is 52.8 Å². The van der Waals surface area contributed by atoms with Gasteiger partial charge >= 0.3 is 0 Å². The molecule has 0 spiro atoms. The minimum atomic E-state index is -3.96. The largest absolute Gasteiger partial charge is 0.497 e. The number of aliphatic hydroxyl groups is 1. The summed E-state index contributed by atoms with van der Waals surface area (Å²) in [4.78, 5) is 16.1. The fourth-order valence-corrected chi connectivity index (χ4v) is 7.89. The molecule has 0 aromatic heterocycles. The second-order valence-electron chi connectivity index (χ2n) is 12.9. The fourth-order valence-electron chi connectivity index (χ4n) is 5.66. The molecule has 0 saturated carbocycles. The second-order valence-corrected chi connectivity index (χ2v) is 16.6. The third kappa shape index (κ3) is 9.75. The second kappa shape index (κ2) is 17.0. The highest BCUT2D eigenvalue weighted by molar-refractivity contribution is 7.92. The third-order valence-electron chi connectivity index (χ3n) is 8.84. The standard InChI is InChI=1S/C36H49N3O9S2/c1-25-10-15-31(16-11-25)49(42,43)37-29-12-19-34-33(21-29)36(41)39(27(3)24-40)22-26(2)35(47-20-8-7-9-28(4)48-34)23-38(5)50(44,45)32-17-13-30(46-6)14-18-32/h10-19,21,26-28,35,37,40H,7-9,20,22-24H2,1-6H3/t26-,27-,28+,35+/m1/s1. The highest BCUT2D eigenvalue weighted by Gasteiger charge is 2.32. The number of hydrogen-bond acceptors (Lipinski definition) is 9. The number of carbonyl (C=O) groups excluding carboxylic acids is 1. The van der Waals surface area contributed by atoms with E-state index in [1.165, 1.54) is 53.7 Å². The molecule has 0 bridgehead atoms.